The quantitative estimate of drug-likeness (QED) is 0.652. The molecule has 0 aliphatic carbocycles. The fourth-order valence-corrected chi connectivity index (χ4v) is 1.21. The van der Waals surface area contributed by atoms with Crippen molar-refractivity contribution in [1.29, 1.82) is 0 Å². The Morgan fingerprint density at radius 1 is 1.00 bits per heavy atom. The summed E-state index contributed by atoms with van der Waals surface area (Å²) in [6.45, 7) is 0. The molecule has 1 aromatic rings. The second-order valence-corrected chi connectivity index (χ2v) is 3.45. The number of benzene rings is 1. The molecule has 0 saturated heterocycles. The van der Waals surface area contributed by atoms with E-state index in [2.05, 4.69) is 0 Å². The fraction of sp³-hybridized carbons (Fsp3) is 0.400. The minimum Gasteiger partial charge on any atom is -0.384 e. The number of halogens is 6. The molecule has 0 heterocycles. The Bertz CT molecular complexity index is 401. The van der Waals surface area contributed by atoms with E-state index in [1.165, 1.54) is 0 Å². The van der Waals surface area contributed by atoms with Crippen LogP contribution in [-0.4, -0.2) is 17.4 Å². The van der Waals surface area contributed by atoms with E-state index >= 15 is 0 Å². The van der Waals surface area contributed by atoms with Crippen molar-refractivity contribution >= 4 is 0 Å². The van der Waals surface area contributed by atoms with Crippen molar-refractivity contribution in [3.05, 3.63) is 35.1 Å². The highest BCUT2D eigenvalue weighted by molar-refractivity contribution is 5.20. The van der Waals surface area contributed by atoms with Gasteiger partial charge in [0.15, 0.2) is 11.6 Å². The lowest BCUT2D eigenvalue weighted by Gasteiger charge is -2.14. The molecule has 0 aliphatic rings. The fourth-order valence-electron chi connectivity index (χ4n) is 1.21. The van der Waals surface area contributed by atoms with Gasteiger partial charge in [0.1, 0.15) is 11.9 Å². The van der Waals surface area contributed by atoms with Gasteiger partial charge in [0, 0.05) is 6.07 Å². The molecule has 1 N–H and O–H groups in total. The summed E-state index contributed by atoms with van der Waals surface area (Å²) in [5, 5.41) is 8.65. The predicted octanol–water partition coefficient (Wildman–Crippen LogP) is 2.96. The minimum absolute atomic E-state index is 0.255. The zero-order chi connectivity index (χ0) is 13.2. The van der Waals surface area contributed by atoms with E-state index in [9.17, 15) is 26.3 Å². The lowest BCUT2D eigenvalue weighted by atomic mass is 10.1. The maximum absolute atomic E-state index is 13.0. The second kappa shape index (κ2) is 4.95. The Kier molecular flexibility index (Phi) is 4.03. The molecule has 0 fully saturated rings. The number of aliphatic hydroxyl groups excluding tert-OH is 1. The summed E-state index contributed by atoms with van der Waals surface area (Å²) in [6, 6.07) is 0.735. The van der Waals surface area contributed by atoms with Crippen LogP contribution in [0.5, 0.6) is 0 Å². The summed E-state index contributed by atoms with van der Waals surface area (Å²) in [5.74, 6) is -3.90. The summed E-state index contributed by atoms with van der Waals surface area (Å²) < 4.78 is 74.0. The van der Waals surface area contributed by atoms with Crippen molar-refractivity contribution in [2.75, 3.05) is 0 Å². The Labute approximate surface area is 92.7 Å². The van der Waals surface area contributed by atoms with Gasteiger partial charge in [-0.3, -0.25) is 0 Å². The molecule has 0 saturated carbocycles. The van der Waals surface area contributed by atoms with Gasteiger partial charge in [-0.25, -0.2) is 13.2 Å². The highest BCUT2D eigenvalue weighted by Crippen LogP contribution is 2.24. The zero-order valence-corrected chi connectivity index (χ0v) is 8.36. The monoisotopic (exact) mass is 258 g/mol. The van der Waals surface area contributed by atoms with Gasteiger partial charge in [-0.05, 0) is 24.5 Å². The first-order valence-corrected chi connectivity index (χ1v) is 4.60. The molecule has 0 spiro atoms. The van der Waals surface area contributed by atoms with E-state index in [0.29, 0.717) is 6.07 Å². The number of rotatable bonds is 3. The van der Waals surface area contributed by atoms with Crippen molar-refractivity contribution in [1.82, 2.24) is 0 Å². The third-order valence-electron chi connectivity index (χ3n) is 2.15. The molecular weight excluding hydrogens is 250 g/mol. The summed E-state index contributed by atoms with van der Waals surface area (Å²) in [7, 11) is 0. The number of alkyl halides is 3. The van der Waals surface area contributed by atoms with Crippen LogP contribution in [0.4, 0.5) is 26.3 Å². The molecule has 1 nitrogen and oxygen atoms in total. The summed E-state index contributed by atoms with van der Waals surface area (Å²) in [6.07, 6.45) is -8.78. The summed E-state index contributed by atoms with van der Waals surface area (Å²) >= 11 is 0. The highest BCUT2D eigenvalue weighted by Gasteiger charge is 2.37. The van der Waals surface area contributed by atoms with Crippen molar-refractivity contribution in [3.63, 3.8) is 0 Å². The molecule has 0 aromatic heterocycles. The summed E-state index contributed by atoms with van der Waals surface area (Å²) in [5.41, 5.74) is -0.410. The van der Waals surface area contributed by atoms with Gasteiger partial charge in [0.05, 0.1) is 0 Å². The van der Waals surface area contributed by atoms with Crippen LogP contribution in [0.2, 0.25) is 0 Å². The highest BCUT2D eigenvalue weighted by atomic mass is 19.4. The van der Waals surface area contributed by atoms with E-state index in [4.69, 9.17) is 5.11 Å². The zero-order valence-electron chi connectivity index (χ0n) is 8.36. The number of hydrogen-bond acceptors (Lipinski definition) is 1. The topological polar surface area (TPSA) is 20.2 Å². The molecule has 17 heavy (non-hydrogen) atoms. The van der Waals surface area contributed by atoms with Crippen LogP contribution >= 0.6 is 0 Å². The second-order valence-electron chi connectivity index (χ2n) is 3.45. The van der Waals surface area contributed by atoms with E-state index < -0.39 is 48.1 Å². The Hall–Kier alpha value is -1.24. The molecule has 0 radical (unpaired) electrons. The molecule has 96 valence electrons. The van der Waals surface area contributed by atoms with Crippen LogP contribution in [-0.2, 0) is 6.42 Å². The lowest BCUT2D eigenvalue weighted by molar-refractivity contribution is -0.205. The molecular formula is C10H8F6O. The van der Waals surface area contributed by atoms with Crippen LogP contribution in [0.1, 0.15) is 12.0 Å². The Morgan fingerprint density at radius 2 is 1.53 bits per heavy atom. The number of aryl methyl sites for hydroxylation is 1. The Morgan fingerprint density at radius 3 is 2.06 bits per heavy atom. The van der Waals surface area contributed by atoms with Gasteiger partial charge in [-0.15, -0.1) is 0 Å². The third kappa shape index (κ3) is 3.62. The van der Waals surface area contributed by atoms with Crippen LogP contribution < -0.4 is 0 Å². The largest absolute Gasteiger partial charge is 0.414 e. The van der Waals surface area contributed by atoms with E-state index in [0.717, 1.165) is 0 Å². The molecule has 0 amide bonds. The average molecular weight is 258 g/mol. The van der Waals surface area contributed by atoms with Gasteiger partial charge in [0.25, 0.3) is 0 Å². The first-order valence-electron chi connectivity index (χ1n) is 4.60. The molecule has 1 rings (SSSR count). The molecule has 1 unspecified atom stereocenters. The first-order chi connectivity index (χ1) is 7.71. The van der Waals surface area contributed by atoms with Crippen molar-refractivity contribution in [3.8, 4) is 0 Å². The van der Waals surface area contributed by atoms with Crippen molar-refractivity contribution in [2.24, 2.45) is 0 Å². The lowest BCUT2D eigenvalue weighted by Crippen LogP contribution is -2.28. The first kappa shape index (κ1) is 13.8. The molecule has 0 bridgehead atoms. The summed E-state index contributed by atoms with van der Waals surface area (Å²) in [4.78, 5) is 0. The van der Waals surface area contributed by atoms with Gasteiger partial charge < -0.3 is 5.11 Å². The Balaban J connectivity index is 2.73. The minimum atomic E-state index is -4.81. The molecule has 1 atom stereocenters. The van der Waals surface area contributed by atoms with E-state index in [-0.39, 0.29) is 6.07 Å². The van der Waals surface area contributed by atoms with Gasteiger partial charge in [-0.1, -0.05) is 0 Å². The molecule has 0 aliphatic heterocycles. The van der Waals surface area contributed by atoms with E-state index in [1.54, 1.807) is 0 Å². The van der Waals surface area contributed by atoms with Crippen LogP contribution in [0.15, 0.2) is 12.1 Å². The van der Waals surface area contributed by atoms with Crippen LogP contribution in [0.25, 0.3) is 0 Å². The normalized spacial score (nSPS) is 13.8. The number of hydrogen-bond donors (Lipinski definition) is 1. The van der Waals surface area contributed by atoms with E-state index in [1.807, 2.05) is 0 Å². The average Bonchev–Trinajstić information content (AvgIpc) is 2.19. The molecule has 7 heteroatoms. The van der Waals surface area contributed by atoms with Gasteiger partial charge >= 0.3 is 6.18 Å². The maximum atomic E-state index is 13.0. The molecule has 1 aromatic carbocycles. The van der Waals surface area contributed by atoms with Crippen molar-refractivity contribution in [2.45, 2.75) is 25.1 Å². The maximum Gasteiger partial charge on any atom is 0.414 e. The van der Waals surface area contributed by atoms with Gasteiger partial charge in [0.2, 0.25) is 0 Å². The standard InChI is InChI=1S/C10H8F6O/c11-6-4-8(13)7(12)3-5(6)1-2-9(17)10(14,15)16/h3-4,9,17H,1-2H2. The van der Waals surface area contributed by atoms with Crippen LogP contribution in [0.3, 0.4) is 0 Å². The van der Waals surface area contributed by atoms with Crippen molar-refractivity contribution < 1.29 is 31.4 Å². The number of aliphatic hydroxyl groups is 1. The van der Waals surface area contributed by atoms with Crippen LogP contribution in [0, 0.1) is 17.5 Å². The van der Waals surface area contributed by atoms with Gasteiger partial charge in [-0.2, -0.15) is 13.2 Å². The predicted molar refractivity (Wildman–Crippen MR) is 46.7 cm³/mol. The SMILES string of the molecule is OC(CCc1cc(F)c(F)cc1F)C(F)(F)F. The smallest absolute Gasteiger partial charge is 0.384 e. The third-order valence-corrected chi connectivity index (χ3v) is 2.15.